The first kappa shape index (κ1) is 17.1. The summed E-state index contributed by atoms with van der Waals surface area (Å²) in [6.07, 6.45) is 4.59. The van der Waals surface area contributed by atoms with Crippen LogP contribution in [0.15, 0.2) is 23.1 Å². The topological polar surface area (TPSA) is 26.0 Å². The Bertz CT molecular complexity index is 366. The standard InChI is InChI=1S/C13H19NS2.Mo/c1-3-6-10-8-5-9-12(16-13(14)15)11(10)7-4-2;/h5,8-9H,3-4,6-7H2,1-2H3,(H2,14,15);. The van der Waals surface area contributed by atoms with E-state index in [0.717, 1.165) is 19.3 Å². The molecule has 0 saturated carbocycles. The molecule has 0 aliphatic carbocycles. The molecule has 0 fully saturated rings. The molecule has 94 valence electrons. The van der Waals surface area contributed by atoms with Crippen LogP contribution in [0, 0.1) is 0 Å². The van der Waals surface area contributed by atoms with Gasteiger partial charge in [-0.25, -0.2) is 0 Å². The van der Waals surface area contributed by atoms with Gasteiger partial charge in [-0.1, -0.05) is 62.8 Å². The quantitative estimate of drug-likeness (QED) is 0.496. The van der Waals surface area contributed by atoms with Crippen LogP contribution in [-0.2, 0) is 33.9 Å². The van der Waals surface area contributed by atoms with E-state index < -0.39 is 0 Å². The summed E-state index contributed by atoms with van der Waals surface area (Å²) in [5.41, 5.74) is 8.49. The van der Waals surface area contributed by atoms with Crippen molar-refractivity contribution in [1.82, 2.24) is 0 Å². The number of benzene rings is 1. The summed E-state index contributed by atoms with van der Waals surface area (Å²) in [6, 6.07) is 6.44. The van der Waals surface area contributed by atoms with E-state index >= 15 is 0 Å². The summed E-state index contributed by atoms with van der Waals surface area (Å²) in [5.74, 6) is 0. The fourth-order valence-corrected chi connectivity index (χ4v) is 2.84. The molecule has 2 N–H and O–H groups in total. The van der Waals surface area contributed by atoms with Crippen LogP contribution in [0.5, 0.6) is 0 Å². The van der Waals surface area contributed by atoms with Crippen LogP contribution in [-0.4, -0.2) is 4.32 Å². The van der Waals surface area contributed by atoms with E-state index in [1.807, 2.05) is 0 Å². The van der Waals surface area contributed by atoms with Gasteiger partial charge in [-0.15, -0.1) is 0 Å². The third kappa shape index (κ3) is 5.54. The number of thioether (sulfide) groups is 1. The Hall–Kier alpha value is 0.148. The van der Waals surface area contributed by atoms with Crippen molar-refractivity contribution in [1.29, 1.82) is 0 Å². The molecule has 0 amide bonds. The molecule has 17 heavy (non-hydrogen) atoms. The van der Waals surface area contributed by atoms with Crippen molar-refractivity contribution in [3.05, 3.63) is 29.3 Å². The zero-order valence-corrected chi connectivity index (χ0v) is 14.0. The number of hydrogen-bond acceptors (Lipinski definition) is 2. The zero-order chi connectivity index (χ0) is 12.0. The summed E-state index contributed by atoms with van der Waals surface area (Å²) >= 11 is 6.48. The third-order valence-corrected chi connectivity index (χ3v) is 3.51. The fraction of sp³-hybridized carbons (Fsp3) is 0.462. The smallest absolute Gasteiger partial charge is 0.136 e. The summed E-state index contributed by atoms with van der Waals surface area (Å²) in [5, 5.41) is 0. The minimum Gasteiger partial charge on any atom is -0.384 e. The zero-order valence-electron chi connectivity index (χ0n) is 10.4. The maximum Gasteiger partial charge on any atom is 0.136 e. The molecular weight excluding hydrogens is 330 g/mol. The number of rotatable bonds is 5. The van der Waals surface area contributed by atoms with Gasteiger partial charge < -0.3 is 5.73 Å². The van der Waals surface area contributed by atoms with Gasteiger partial charge in [0.05, 0.1) is 0 Å². The first-order chi connectivity index (χ1) is 7.69. The van der Waals surface area contributed by atoms with Crippen molar-refractivity contribution in [3.63, 3.8) is 0 Å². The molecule has 0 heterocycles. The predicted molar refractivity (Wildman–Crippen MR) is 77.1 cm³/mol. The SMILES string of the molecule is CCCc1cccc(SC(N)=S)c1CCC.[Mo]. The summed E-state index contributed by atoms with van der Waals surface area (Å²) in [6.45, 7) is 4.42. The van der Waals surface area contributed by atoms with Crippen LogP contribution in [0.4, 0.5) is 0 Å². The van der Waals surface area contributed by atoms with Crippen molar-refractivity contribution < 1.29 is 21.1 Å². The van der Waals surface area contributed by atoms with E-state index in [4.69, 9.17) is 18.0 Å². The van der Waals surface area contributed by atoms with Gasteiger partial charge in [0.25, 0.3) is 0 Å². The van der Waals surface area contributed by atoms with Crippen molar-refractivity contribution >= 4 is 28.3 Å². The summed E-state index contributed by atoms with van der Waals surface area (Å²) < 4.78 is 0.506. The third-order valence-electron chi connectivity index (χ3n) is 2.46. The Kier molecular flexibility index (Phi) is 9.21. The number of aryl methyl sites for hydroxylation is 1. The second-order valence-electron chi connectivity index (χ2n) is 3.81. The van der Waals surface area contributed by atoms with E-state index in [1.54, 1.807) is 0 Å². The van der Waals surface area contributed by atoms with Gasteiger partial charge in [0, 0.05) is 26.0 Å². The second kappa shape index (κ2) is 9.13. The van der Waals surface area contributed by atoms with Crippen LogP contribution in [0.1, 0.15) is 37.8 Å². The monoisotopic (exact) mass is 351 g/mol. The Balaban J connectivity index is 0.00000256. The van der Waals surface area contributed by atoms with Crippen LogP contribution in [0.3, 0.4) is 0 Å². The molecule has 1 nitrogen and oxygen atoms in total. The fourth-order valence-electron chi connectivity index (χ4n) is 1.85. The van der Waals surface area contributed by atoms with Gasteiger partial charge in [0.1, 0.15) is 4.32 Å². The molecule has 0 bridgehead atoms. The molecule has 0 aromatic heterocycles. The van der Waals surface area contributed by atoms with Crippen molar-refractivity contribution in [2.24, 2.45) is 5.73 Å². The molecule has 1 aromatic carbocycles. The summed E-state index contributed by atoms with van der Waals surface area (Å²) in [4.78, 5) is 1.24. The Morgan fingerprint density at radius 3 is 2.41 bits per heavy atom. The molecule has 0 aliphatic rings. The van der Waals surface area contributed by atoms with Crippen LogP contribution in [0.2, 0.25) is 0 Å². The molecule has 0 aliphatic heterocycles. The van der Waals surface area contributed by atoms with E-state index in [-0.39, 0.29) is 21.1 Å². The minimum absolute atomic E-state index is 0. The Morgan fingerprint density at radius 1 is 1.24 bits per heavy atom. The first-order valence-corrected chi connectivity index (χ1v) is 6.99. The average Bonchev–Trinajstić information content (AvgIpc) is 2.22. The molecule has 0 saturated heterocycles. The predicted octanol–water partition coefficient (Wildman–Crippen LogP) is 3.92. The average molecular weight is 349 g/mol. The van der Waals surface area contributed by atoms with Crippen LogP contribution in [0.25, 0.3) is 0 Å². The molecule has 4 heteroatoms. The maximum absolute atomic E-state index is 5.61. The van der Waals surface area contributed by atoms with Gasteiger partial charge in [0.2, 0.25) is 0 Å². The van der Waals surface area contributed by atoms with E-state index in [9.17, 15) is 0 Å². The largest absolute Gasteiger partial charge is 0.384 e. The molecule has 1 aromatic rings. The Morgan fingerprint density at radius 2 is 1.88 bits per heavy atom. The van der Waals surface area contributed by atoms with E-state index in [0.29, 0.717) is 4.32 Å². The molecule has 0 radical (unpaired) electrons. The molecular formula is C13H19MoNS2. The molecule has 1 rings (SSSR count). The molecule has 0 spiro atoms. The molecule has 0 unspecified atom stereocenters. The van der Waals surface area contributed by atoms with Gasteiger partial charge in [-0.3, -0.25) is 0 Å². The van der Waals surface area contributed by atoms with Crippen LogP contribution < -0.4 is 5.73 Å². The first-order valence-electron chi connectivity index (χ1n) is 5.77. The van der Waals surface area contributed by atoms with Gasteiger partial charge in [0.15, 0.2) is 0 Å². The minimum atomic E-state index is 0. The maximum atomic E-state index is 5.61. The van der Waals surface area contributed by atoms with Gasteiger partial charge in [-0.2, -0.15) is 0 Å². The second-order valence-corrected chi connectivity index (χ2v) is 5.60. The van der Waals surface area contributed by atoms with Crippen molar-refractivity contribution in [3.8, 4) is 0 Å². The number of thiocarbonyl (C=S) groups is 1. The molecule has 0 atom stereocenters. The van der Waals surface area contributed by atoms with Crippen molar-refractivity contribution in [2.45, 2.75) is 44.4 Å². The van der Waals surface area contributed by atoms with Gasteiger partial charge in [-0.05, 0) is 30.0 Å². The Labute approximate surface area is 128 Å². The number of nitrogens with two attached hydrogens (primary N) is 1. The van der Waals surface area contributed by atoms with E-state index in [2.05, 4.69) is 32.0 Å². The van der Waals surface area contributed by atoms with Crippen molar-refractivity contribution in [2.75, 3.05) is 0 Å². The normalized spacial score (nSPS) is 9.76. The summed E-state index contributed by atoms with van der Waals surface area (Å²) in [7, 11) is 0. The van der Waals surface area contributed by atoms with Gasteiger partial charge >= 0.3 is 0 Å². The van der Waals surface area contributed by atoms with E-state index in [1.165, 1.54) is 34.2 Å². The van der Waals surface area contributed by atoms with Crippen LogP contribution >= 0.6 is 24.0 Å². The number of hydrogen-bond donors (Lipinski definition) is 1.